The van der Waals surface area contributed by atoms with Crippen molar-refractivity contribution in [1.82, 2.24) is 10.6 Å². The standard InChI is InChI=1S/C13H28N2O2/c1-6-7-9(2)15-13(17)12(5)14-10(3)8-11(4)16/h9-12,14,16H,6-8H2,1-5H3,(H,15,17). The Labute approximate surface area is 105 Å². The van der Waals surface area contributed by atoms with E-state index in [4.69, 9.17) is 0 Å². The molecule has 102 valence electrons. The molecule has 0 fully saturated rings. The molecule has 0 aromatic carbocycles. The summed E-state index contributed by atoms with van der Waals surface area (Å²) in [6.07, 6.45) is 2.39. The fraction of sp³-hybridized carbons (Fsp3) is 0.923. The van der Waals surface area contributed by atoms with Gasteiger partial charge in [0.15, 0.2) is 0 Å². The Bertz CT molecular complexity index is 219. The first-order chi connectivity index (χ1) is 7.86. The van der Waals surface area contributed by atoms with Crippen molar-refractivity contribution in [3.8, 4) is 0 Å². The largest absolute Gasteiger partial charge is 0.393 e. The van der Waals surface area contributed by atoms with E-state index in [0.717, 1.165) is 12.8 Å². The second kappa shape index (κ2) is 8.48. The SMILES string of the molecule is CCCC(C)NC(=O)C(C)NC(C)CC(C)O. The molecular weight excluding hydrogens is 216 g/mol. The van der Waals surface area contributed by atoms with Crippen LogP contribution in [0.1, 0.15) is 53.9 Å². The average Bonchev–Trinajstić information content (AvgIpc) is 2.15. The number of aliphatic hydroxyl groups excluding tert-OH is 1. The molecule has 0 saturated heterocycles. The molecule has 4 heteroatoms. The van der Waals surface area contributed by atoms with Crippen molar-refractivity contribution in [2.45, 2.75) is 78.1 Å². The van der Waals surface area contributed by atoms with E-state index in [2.05, 4.69) is 17.6 Å². The zero-order valence-corrected chi connectivity index (χ0v) is 11.8. The first kappa shape index (κ1) is 16.4. The van der Waals surface area contributed by atoms with Gasteiger partial charge < -0.3 is 15.7 Å². The van der Waals surface area contributed by atoms with Crippen LogP contribution in [0.4, 0.5) is 0 Å². The predicted molar refractivity (Wildman–Crippen MR) is 70.9 cm³/mol. The third kappa shape index (κ3) is 8.16. The number of hydrogen-bond acceptors (Lipinski definition) is 3. The molecule has 0 aliphatic carbocycles. The highest BCUT2D eigenvalue weighted by atomic mass is 16.3. The van der Waals surface area contributed by atoms with Gasteiger partial charge in [0.25, 0.3) is 0 Å². The van der Waals surface area contributed by atoms with Crippen LogP contribution >= 0.6 is 0 Å². The van der Waals surface area contributed by atoms with Crippen LogP contribution in [-0.2, 0) is 4.79 Å². The van der Waals surface area contributed by atoms with Crippen molar-refractivity contribution in [2.24, 2.45) is 0 Å². The first-order valence-electron chi connectivity index (χ1n) is 6.61. The topological polar surface area (TPSA) is 61.4 Å². The molecule has 0 rings (SSSR count). The summed E-state index contributed by atoms with van der Waals surface area (Å²) in [4.78, 5) is 11.8. The van der Waals surface area contributed by atoms with Crippen LogP contribution in [-0.4, -0.2) is 35.2 Å². The average molecular weight is 244 g/mol. The van der Waals surface area contributed by atoms with Crippen molar-refractivity contribution in [2.75, 3.05) is 0 Å². The summed E-state index contributed by atoms with van der Waals surface area (Å²) in [6, 6.07) is 0.143. The lowest BCUT2D eigenvalue weighted by Crippen LogP contribution is -2.48. The molecule has 0 bridgehead atoms. The Hall–Kier alpha value is -0.610. The Morgan fingerprint density at radius 1 is 1.18 bits per heavy atom. The number of aliphatic hydroxyl groups is 1. The van der Waals surface area contributed by atoms with Gasteiger partial charge in [-0.05, 0) is 40.5 Å². The highest BCUT2D eigenvalue weighted by Gasteiger charge is 2.17. The number of carbonyl (C=O) groups excluding carboxylic acids is 1. The van der Waals surface area contributed by atoms with Gasteiger partial charge in [-0.2, -0.15) is 0 Å². The van der Waals surface area contributed by atoms with Crippen LogP contribution in [0.2, 0.25) is 0 Å². The highest BCUT2D eigenvalue weighted by Crippen LogP contribution is 2.00. The summed E-state index contributed by atoms with van der Waals surface area (Å²) in [5.41, 5.74) is 0. The molecule has 0 saturated carbocycles. The minimum absolute atomic E-state index is 0.0309. The lowest BCUT2D eigenvalue weighted by atomic mass is 10.1. The number of hydrogen-bond donors (Lipinski definition) is 3. The molecule has 0 aromatic rings. The van der Waals surface area contributed by atoms with Crippen molar-refractivity contribution >= 4 is 5.91 Å². The molecule has 0 spiro atoms. The summed E-state index contributed by atoms with van der Waals surface area (Å²) < 4.78 is 0. The van der Waals surface area contributed by atoms with Crippen molar-refractivity contribution in [3.05, 3.63) is 0 Å². The molecular formula is C13H28N2O2. The van der Waals surface area contributed by atoms with E-state index < -0.39 is 0 Å². The van der Waals surface area contributed by atoms with Gasteiger partial charge in [-0.3, -0.25) is 4.79 Å². The van der Waals surface area contributed by atoms with Crippen LogP contribution in [0.5, 0.6) is 0 Å². The van der Waals surface area contributed by atoms with Gasteiger partial charge in [0.05, 0.1) is 12.1 Å². The normalized spacial score (nSPS) is 18.2. The van der Waals surface area contributed by atoms with Crippen LogP contribution in [0.3, 0.4) is 0 Å². The summed E-state index contributed by atoms with van der Waals surface area (Å²) in [7, 11) is 0. The number of amides is 1. The van der Waals surface area contributed by atoms with Gasteiger partial charge in [0, 0.05) is 12.1 Å². The monoisotopic (exact) mass is 244 g/mol. The summed E-state index contributed by atoms with van der Waals surface area (Å²) in [5, 5.41) is 15.4. The minimum atomic E-state index is -0.341. The van der Waals surface area contributed by atoms with E-state index in [-0.39, 0.29) is 30.1 Å². The molecule has 0 aromatic heterocycles. The quantitative estimate of drug-likeness (QED) is 0.605. The predicted octanol–water partition coefficient (Wildman–Crippen LogP) is 1.43. The Balaban J connectivity index is 3.96. The van der Waals surface area contributed by atoms with Gasteiger partial charge in [0.1, 0.15) is 0 Å². The smallest absolute Gasteiger partial charge is 0.237 e. The van der Waals surface area contributed by atoms with Gasteiger partial charge >= 0.3 is 0 Å². The molecule has 4 unspecified atom stereocenters. The molecule has 0 aliphatic heterocycles. The molecule has 4 nitrogen and oxygen atoms in total. The second-order valence-electron chi connectivity index (χ2n) is 5.07. The maximum Gasteiger partial charge on any atom is 0.237 e. The lowest BCUT2D eigenvalue weighted by molar-refractivity contribution is -0.123. The Kier molecular flexibility index (Phi) is 8.17. The van der Waals surface area contributed by atoms with E-state index in [1.807, 2.05) is 20.8 Å². The summed E-state index contributed by atoms with van der Waals surface area (Å²) in [5.74, 6) is 0.0309. The van der Waals surface area contributed by atoms with E-state index in [1.165, 1.54) is 0 Å². The van der Waals surface area contributed by atoms with Gasteiger partial charge in [0.2, 0.25) is 5.91 Å². The van der Waals surface area contributed by atoms with E-state index in [0.29, 0.717) is 6.42 Å². The summed E-state index contributed by atoms with van der Waals surface area (Å²) >= 11 is 0. The molecule has 0 aliphatic rings. The number of rotatable bonds is 8. The van der Waals surface area contributed by atoms with Crippen molar-refractivity contribution in [1.29, 1.82) is 0 Å². The number of carbonyl (C=O) groups is 1. The van der Waals surface area contributed by atoms with E-state index in [1.54, 1.807) is 6.92 Å². The van der Waals surface area contributed by atoms with Crippen molar-refractivity contribution < 1.29 is 9.90 Å². The Morgan fingerprint density at radius 3 is 2.24 bits per heavy atom. The third-order valence-electron chi connectivity index (χ3n) is 2.73. The lowest BCUT2D eigenvalue weighted by Gasteiger charge is -2.22. The van der Waals surface area contributed by atoms with Crippen molar-refractivity contribution in [3.63, 3.8) is 0 Å². The van der Waals surface area contributed by atoms with Gasteiger partial charge in [-0.15, -0.1) is 0 Å². The zero-order chi connectivity index (χ0) is 13.4. The van der Waals surface area contributed by atoms with Crippen LogP contribution in [0.25, 0.3) is 0 Å². The second-order valence-corrected chi connectivity index (χ2v) is 5.07. The fourth-order valence-corrected chi connectivity index (χ4v) is 1.96. The first-order valence-corrected chi connectivity index (χ1v) is 6.61. The molecule has 0 radical (unpaired) electrons. The van der Waals surface area contributed by atoms with Crippen LogP contribution in [0.15, 0.2) is 0 Å². The molecule has 4 atom stereocenters. The molecule has 3 N–H and O–H groups in total. The molecule has 1 amide bonds. The highest BCUT2D eigenvalue weighted by molar-refractivity contribution is 5.81. The maximum absolute atomic E-state index is 11.8. The third-order valence-corrected chi connectivity index (χ3v) is 2.73. The fourth-order valence-electron chi connectivity index (χ4n) is 1.96. The molecule has 17 heavy (non-hydrogen) atoms. The Morgan fingerprint density at radius 2 is 1.76 bits per heavy atom. The number of nitrogens with one attached hydrogen (secondary N) is 2. The summed E-state index contributed by atoms with van der Waals surface area (Å²) in [6.45, 7) is 9.72. The van der Waals surface area contributed by atoms with Crippen LogP contribution < -0.4 is 10.6 Å². The minimum Gasteiger partial charge on any atom is -0.393 e. The van der Waals surface area contributed by atoms with Crippen LogP contribution in [0, 0.1) is 0 Å². The van der Waals surface area contributed by atoms with E-state index >= 15 is 0 Å². The van der Waals surface area contributed by atoms with E-state index in [9.17, 15) is 9.90 Å². The maximum atomic E-state index is 11.8. The molecule has 0 heterocycles. The zero-order valence-electron chi connectivity index (χ0n) is 11.8. The van der Waals surface area contributed by atoms with Gasteiger partial charge in [-0.25, -0.2) is 0 Å². The van der Waals surface area contributed by atoms with Gasteiger partial charge in [-0.1, -0.05) is 13.3 Å².